The van der Waals surface area contributed by atoms with Crippen LogP contribution in [0.3, 0.4) is 0 Å². The van der Waals surface area contributed by atoms with E-state index in [-0.39, 0.29) is 25.0 Å². The lowest BCUT2D eigenvalue weighted by Crippen LogP contribution is -2.21. The Morgan fingerprint density at radius 1 is 0.429 bits per heavy atom. The number of ether oxygens (including phenoxy) is 2. The van der Waals surface area contributed by atoms with Gasteiger partial charge in [0.05, 0.1) is 0 Å². The van der Waals surface area contributed by atoms with Crippen molar-refractivity contribution in [1.29, 1.82) is 0 Å². The highest BCUT2D eigenvalue weighted by atomic mass is 16.5. The minimum Gasteiger partial charge on any atom is -0.483 e. The average molecular weight is 735 g/mol. The number of anilines is 4. The number of rotatable bonds is 11. The van der Waals surface area contributed by atoms with E-state index in [9.17, 15) is 9.59 Å². The van der Waals surface area contributed by atoms with E-state index < -0.39 is 0 Å². The van der Waals surface area contributed by atoms with E-state index in [1.54, 1.807) is 0 Å². The molecule has 8 nitrogen and oxygen atoms in total. The highest BCUT2D eigenvalue weighted by Crippen LogP contribution is 2.45. The SMILES string of the molecule is Nc1cccc(-c2cccc(NC(=O)COc3ccc4ccccc4c3-c3c(OCC(=O)Nc4cccc(-c5cccc(N)c5)c4)ccc4ccccc34)c2)c1. The molecule has 0 bridgehead atoms. The Bertz CT molecular complexity index is 2560. The molecule has 8 rings (SSSR count). The molecule has 2 amide bonds. The summed E-state index contributed by atoms with van der Waals surface area (Å²) in [7, 11) is 0. The van der Waals surface area contributed by atoms with Crippen LogP contribution in [0.2, 0.25) is 0 Å². The van der Waals surface area contributed by atoms with Crippen molar-refractivity contribution >= 4 is 56.1 Å². The van der Waals surface area contributed by atoms with Crippen LogP contribution in [0.25, 0.3) is 54.9 Å². The maximum Gasteiger partial charge on any atom is 0.262 e. The van der Waals surface area contributed by atoms with E-state index >= 15 is 0 Å². The predicted octanol–water partition coefficient (Wildman–Crippen LogP) is 10.2. The van der Waals surface area contributed by atoms with Crippen LogP contribution in [0.1, 0.15) is 0 Å². The molecule has 0 fully saturated rings. The molecule has 0 heterocycles. The van der Waals surface area contributed by atoms with Gasteiger partial charge in [0.25, 0.3) is 11.8 Å². The number of amides is 2. The number of nitrogen functional groups attached to an aromatic ring is 2. The fourth-order valence-corrected chi connectivity index (χ4v) is 6.93. The Morgan fingerprint density at radius 2 is 0.821 bits per heavy atom. The Hall–Kier alpha value is -7.58. The fraction of sp³-hybridized carbons (Fsp3) is 0.0417. The maximum absolute atomic E-state index is 13.4. The predicted molar refractivity (Wildman–Crippen MR) is 228 cm³/mol. The largest absolute Gasteiger partial charge is 0.483 e. The number of hydrogen-bond acceptors (Lipinski definition) is 6. The van der Waals surface area contributed by atoms with E-state index in [1.807, 2.05) is 170 Å². The number of nitrogens with one attached hydrogen (secondary N) is 2. The Kier molecular flexibility index (Phi) is 10.0. The molecule has 274 valence electrons. The number of fused-ring (bicyclic) bond motifs is 2. The van der Waals surface area contributed by atoms with Crippen LogP contribution >= 0.6 is 0 Å². The maximum atomic E-state index is 13.4. The first-order chi connectivity index (χ1) is 27.4. The van der Waals surface area contributed by atoms with Crippen LogP contribution in [0.15, 0.2) is 170 Å². The summed E-state index contributed by atoms with van der Waals surface area (Å²) in [5.74, 6) is 0.354. The van der Waals surface area contributed by atoms with Gasteiger partial charge in [0.2, 0.25) is 0 Å². The van der Waals surface area contributed by atoms with Crippen molar-refractivity contribution in [2.24, 2.45) is 0 Å². The number of hydrogen-bond donors (Lipinski definition) is 4. The van der Waals surface area contributed by atoms with Crippen LogP contribution in [0.4, 0.5) is 22.7 Å². The molecule has 8 aromatic rings. The summed E-state index contributed by atoms with van der Waals surface area (Å²) < 4.78 is 12.7. The minimum atomic E-state index is -0.320. The number of nitrogens with two attached hydrogens (primary N) is 2. The van der Waals surface area contributed by atoms with Crippen LogP contribution in [-0.4, -0.2) is 25.0 Å². The van der Waals surface area contributed by atoms with E-state index in [0.717, 1.165) is 54.9 Å². The van der Waals surface area contributed by atoms with E-state index in [0.29, 0.717) is 34.2 Å². The van der Waals surface area contributed by atoms with Crippen LogP contribution in [-0.2, 0) is 9.59 Å². The average Bonchev–Trinajstić information content (AvgIpc) is 3.22. The molecule has 0 unspecified atom stereocenters. The summed E-state index contributed by atoms with van der Waals surface area (Å²) in [5, 5.41) is 9.72. The third-order valence-corrected chi connectivity index (χ3v) is 9.48. The first kappa shape index (κ1) is 35.4. The molecular weight excluding hydrogens is 697 g/mol. The normalized spacial score (nSPS) is 10.9. The summed E-state index contributed by atoms with van der Waals surface area (Å²) in [5.41, 5.74) is 19.9. The van der Waals surface area contributed by atoms with Gasteiger partial charge in [0.15, 0.2) is 13.2 Å². The minimum absolute atomic E-state index is 0.244. The second kappa shape index (κ2) is 15.8. The van der Waals surface area contributed by atoms with Gasteiger partial charge in [-0.05, 0) is 104 Å². The van der Waals surface area contributed by atoms with Crippen molar-refractivity contribution in [3.05, 3.63) is 170 Å². The molecule has 0 saturated heterocycles. The zero-order chi connectivity index (χ0) is 38.4. The standard InChI is InChI=1S/C48H38N4O4/c49-37-15-5-11-33(25-37)35-13-7-17-39(27-35)51-45(53)29-55-43-23-21-31-9-1-3-19-41(31)47(43)48-42-20-4-2-10-32(42)22-24-44(48)56-30-46(54)52-40-18-8-14-36(28-40)34-12-6-16-38(50)26-34/h1-28H,29-30,49-50H2,(H,51,53)(H,52,54). The summed E-state index contributed by atoms with van der Waals surface area (Å²) in [6.45, 7) is -0.488. The van der Waals surface area contributed by atoms with Gasteiger partial charge in [-0.25, -0.2) is 0 Å². The molecule has 8 heteroatoms. The lowest BCUT2D eigenvalue weighted by atomic mass is 9.92. The monoisotopic (exact) mass is 734 g/mol. The smallest absolute Gasteiger partial charge is 0.262 e. The highest BCUT2D eigenvalue weighted by Gasteiger charge is 2.21. The number of carbonyl (C=O) groups excluding carboxylic acids is 2. The third kappa shape index (κ3) is 7.85. The van der Waals surface area contributed by atoms with Crippen LogP contribution in [0, 0.1) is 0 Å². The van der Waals surface area contributed by atoms with E-state index in [2.05, 4.69) is 10.6 Å². The van der Waals surface area contributed by atoms with Gasteiger partial charge in [0, 0.05) is 33.9 Å². The second-order valence-corrected chi connectivity index (χ2v) is 13.4. The van der Waals surface area contributed by atoms with Crippen molar-refractivity contribution in [3.8, 4) is 44.9 Å². The molecule has 0 saturated carbocycles. The lowest BCUT2D eigenvalue weighted by molar-refractivity contribution is -0.118. The second-order valence-electron chi connectivity index (χ2n) is 13.4. The van der Waals surface area contributed by atoms with Crippen molar-refractivity contribution in [2.45, 2.75) is 0 Å². The molecule has 56 heavy (non-hydrogen) atoms. The van der Waals surface area contributed by atoms with Crippen molar-refractivity contribution in [1.82, 2.24) is 0 Å². The van der Waals surface area contributed by atoms with Gasteiger partial charge in [-0.15, -0.1) is 0 Å². The first-order valence-corrected chi connectivity index (χ1v) is 18.2. The van der Waals surface area contributed by atoms with E-state index in [1.165, 1.54) is 0 Å². The number of benzene rings is 8. The third-order valence-electron chi connectivity index (χ3n) is 9.48. The van der Waals surface area contributed by atoms with Gasteiger partial charge in [-0.3, -0.25) is 9.59 Å². The lowest BCUT2D eigenvalue weighted by Gasteiger charge is -2.20. The fourth-order valence-electron chi connectivity index (χ4n) is 6.93. The molecule has 8 aromatic carbocycles. The number of carbonyl (C=O) groups is 2. The van der Waals surface area contributed by atoms with Gasteiger partial charge in [-0.2, -0.15) is 0 Å². The molecule has 0 spiro atoms. The van der Waals surface area contributed by atoms with Gasteiger partial charge < -0.3 is 31.6 Å². The first-order valence-electron chi connectivity index (χ1n) is 18.2. The Balaban J connectivity index is 1.07. The molecule has 0 aliphatic carbocycles. The van der Waals surface area contributed by atoms with Crippen molar-refractivity contribution < 1.29 is 19.1 Å². The molecule has 6 N–H and O–H groups in total. The molecule has 0 aromatic heterocycles. The van der Waals surface area contributed by atoms with Gasteiger partial charge in [0.1, 0.15) is 11.5 Å². The molecule has 0 atom stereocenters. The topological polar surface area (TPSA) is 129 Å². The summed E-state index contributed by atoms with van der Waals surface area (Å²) >= 11 is 0. The molecule has 0 aliphatic rings. The summed E-state index contributed by atoms with van der Waals surface area (Å²) in [6.07, 6.45) is 0. The van der Waals surface area contributed by atoms with Crippen LogP contribution < -0.4 is 31.6 Å². The summed E-state index contributed by atoms with van der Waals surface area (Å²) in [4.78, 5) is 26.8. The Morgan fingerprint density at radius 3 is 1.25 bits per heavy atom. The summed E-state index contributed by atoms with van der Waals surface area (Å²) in [6, 6.07) is 54.0. The Labute approximate surface area is 324 Å². The quantitative estimate of drug-likeness (QED) is 0.0980. The zero-order valence-electron chi connectivity index (χ0n) is 30.4. The molecule has 0 radical (unpaired) electrons. The van der Waals surface area contributed by atoms with Gasteiger partial charge >= 0.3 is 0 Å². The van der Waals surface area contributed by atoms with E-state index in [4.69, 9.17) is 20.9 Å². The molecular formula is C48H38N4O4. The zero-order valence-corrected chi connectivity index (χ0v) is 30.4. The van der Waals surface area contributed by atoms with Crippen molar-refractivity contribution in [2.75, 3.05) is 35.3 Å². The van der Waals surface area contributed by atoms with Gasteiger partial charge in [-0.1, -0.05) is 109 Å². The molecule has 0 aliphatic heterocycles. The van der Waals surface area contributed by atoms with Crippen molar-refractivity contribution in [3.63, 3.8) is 0 Å². The highest BCUT2D eigenvalue weighted by molar-refractivity contribution is 6.10. The van der Waals surface area contributed by atoms with Crippen LogP contribution in [0.5, 0.6) is 11.5 Å².